The van der Waals surface area contributed by atoms with E-state index in [0.717, 1.165) is 12.4 Å². The normalized spacial score (nSPS) is 14.4. The van der Waals surface area contributed by atoms with E-state index in [1.807, 2.05) is 0 Å². The molecule has 1 atom stereocenters. The van der Waals surface area contributed by atoms with Gasteiger partial charge in [-0.2, -0.15) is 0 Å². The summed E-state index contributed by atoms with van der Waals surface area (Å²) in [4.78, 5) is 21.4. The van der Waals surface area contributed by atoms with Crippen LogP contribution in [0.25, 0.3) is 0 Å². The number of carbonyl (C=O) groups is 1. The zero-order chi connectivity index (χ0) is 18.5. The molecule has 2 heterocycles. The molecule has 0 spiro atoms. The van der Waals surface area contributed by atoms with Gasteiger partial charge in [0.25, 0.3) is 0 Å². The Morgan fingerprint density at radius 1 is 1.32 bits per heavy atom. The Kier molecular flexibility index (Phi) is 10.4. The lowest BCUT2D eigenvalue weighted by molar-refractivity contribution is -0.138. The molecule has 0 saturated carbocycles. The molecule has 142 valence electrons. The van der Waals surface area contributed by atoms with Crippen LogP contribution in [-0.4, -0.2) is 57.1 Å². The van der Waals surface area contributed by atoms with Crippen molar-refractivity contribution in [1.29, 1.82) is 0 Å². The molecule has 0 fully saturated rings. The van der Waals surface area contributed by atoms with Gasteiger partial charge in [-0.25, -0.2) is 4.98 Å². The zero-order valence-electron chi connectivity index (χ0n) is 15.5. The molecule has 0 saturated heterocycles. The second kappa shape index (κ2) is 12.4. The third kappa shape index (κ3) is 9.76. The standard InChI is InChI=1S/C12H24N2.C6H9N3O2/c1-3-4-5-6-7-8-9-14-11-10-13(2)12-14;7-5(6(10)11)1-4-2-8-3-9-4/h10-11H,3-9,12H2,1-2H3;2-3,5H,1,7H2,(H,8,9)(H,10,11)/t;5-/m.0/s1. The molecule has 4 N–H and O–H groups in total. The number of carboxylic acid groups (broad SMARTS) is 1. The molecular formula is C18H33N5O2. The lowest BCUT2D eigenvalue weighted by Gasteiger charge is -2.17. The third-order valence-corrected chi connectivity index (χ3v) is 4.05. The van der Waals surface area contributed by atoms with E-state index >= 15 is 0 Å². The summed E-state index contributed by atoms with van der Waals surface area (Å²) in [6.07, 6.45) is 16.0. The van der Waals surface area contributed by atoms with Gasteiger partial charge in [0.1, 0.15) is 6.04 Å². The number of nitrogens with zero attached hydrogens (tertiary/aromatic N) is 3. The number of H-pyrrole nitrogens is 1. The molecule has 1 aromatic rings. The fourth-order valence-corrected chi connectivity index (χ4v) is 2.55. The van der Waals surface area contributed by atoms with Crippen molar-refractivity contribution in [1.82, 2.24) is 19.8 Å². The lowest BCUT2D eigenvalue weighted by atomic mass is 10.1. The van der Waals surface area contributed by atoms with E-state index < -0.39 is 12.0 Å². The number of rotatable bonds is 10. The van der Waals surface area contributed by atoms with Gasteiger partial charge in [-0.1, -0.05) is 39.0 Å². The monoisotopic (exact) mass is 351 g/mol. The first kappa shape index (κ1) is 21.0. The van der Waals surface area contributed by atoms with Crippen LogP contribution in [0.5, 0.6) is 0 Å². The van der Waals surface area contributed by atoms with Crippen molar-refractivity contribution < 1.29 is 9.90 Å². The summed E-state index contributed by atoms with van der Waals surface area (Å²) in [5, 5.41) is 8.42. The minimum Gasteiger partial charge on any atom is -0.480 e. The number of hydrogen-bond acceptors (Lipinski definition) is 5. The van der Waals surface area contributed by atoms with Gasteiger partial charge in [-0.15, -0.1) is 0 Å². The molecule has 7 nitrogen and oxygen atoms in total. The summed E-state index contributed by atoms with van der Waals surface area (Å²) in [6, 6.07) is -0.851. The maximum atomic E-state index is 10.3. The molecule has 0 aromatic carbocycles. The Labute approximate surface area is 150 Å². The highest BCUT2D eigenvalue weighted by Crippen LogP contribution is 2.08. The van der Waals surface area contributed by atoms with Gasteiger partial charge in [-0.05, 0) is 6.42 Å². The van der Waals surface area contributed by atoms with Gasteiger partial charge in [0.2, 0.25) is 0 Å². The van der Waals surface area contributed by atoms with Crippen molar-refractivity contribution in [2.45, 2.75) is 57.9 Å². The van der Waals surface area contributed by atoms with Gasteiger partial charge in [-0.3, -0.25) is 4.79 Å². The number of imidazole rings is 1. The van der Waals surface area contributed by atoms with Crippen LogP contribution >= 0.6 is 0 Å². The van der Waals surface area contributed by atoms with Crippen LogP contribution in [0.1, 0.15) is 51.1 Å². The molecule has 0 radical (unpaired) electrons. The number of carboxylic acids is 1. The first-order chi connectivity index (χ1) is 12.0. The van der Waals surface area contributed by atoms with E-state index in [1.54, 1.807) is 6.20 Å². The highest BCUT2D eigenvalue weighted by molar-refractivity contribution is 5.73. The predicted molar refractivity (Wildman–Crippen MR) is 99.8 cm³/mol. The maximum Gasteiger partial charge on any atom is 0.320 e. The molecule has 7 heteroatoms. The van der Waals surface area contributed by atoms with Crippen molar-refractivity contribution in [3.63, 3.8) is 0 Å². The predicted octanol–water partition coefficient (Wildman–Crippen LogP) is 2.39. The topological polar surface area (TPSA) is 98.5 Å². The maximum absolute atomic E-state index is 10.3. The largest absolute Gasteiger partial charge is 0.480 e. The van der Waals surface area contributed by atoms with Crippen molar-refractivity contribution in [3.05, 3.63) is 30.6 Å². The number of nitrogens with one attached hydrogen (secondary N) is 1. The SMILES string of the molecule is CCCCCCCCN1C=CN(C)C1.N[C@@H](Cc1cnc[nH]1)C(=O)O. The van der Waals surface area contributed by atoms with E-state index in [1.165, 1.54) is 51.4 Å². The molecule has 0 aliphatic carbocycles. The van der Waals surface area contributed by atoms with Gasteiger partial charge in [0.15, 0.2) is 0 Å². The molecule has 1 aromatic heterocycles. The Balaban J connectivity index is 0.000000257. The van der Waals surface area contributed by atoms with E-state index in [9.17, 15) is 4.79 Å². The fourth-order valence-electron chi connectivity index (χ4n) is 2.55. The Morgan fingerprint density at radius 2 is 2.04 bits per heavy atom. The van der Waals surface area contributed by atoms with Crippen LogP contribution in [0.4, 0.5) is 0 Å². The van der Waals surface area contributed by atoms with Gasteiger partial charge >= 0.3 is 5.97 Å². The van der Waals surface area contributed by atoms with Crippen LogP contribution in [0.15, 0.2) is 24.9 Å². The average molecular weight is 351 g/mol. The molecule has 0 unspecified atom stereocenters. The van der Waals surface area contributed by atoms with Crippen LogP contribution < -0.4 is 5.73 Å². The van der Waals surface area contributed by atoms with Crippen LogP contribution in [0.2, 0.25) is 0 Å². The van der Waals surface area contributed by atoms with Gasteiger partial charge in [0, 0.05) is 44.3 Å². The van der Waals surface area contributed by atoms with Crippen molar-refractivity contribution in [2.24, 2.45) is 5.73 Å². The Bertz CT molecular complexity index is 490. The summed E-state index contributed by atoms with van der Waals surface area (Å²) >= 11 is 0. The summed E-state index contributed by atoms with van der Waals surface area (Å²) < 4.78 is 0. The highest BCUT2D eigenvalue weighted by Gasteiger charge is 2.12. The minimum atomic E-state index is -1.00. The van der Waals surface area contributed by atoms with Crippen molar-refractivity contribution >= 4 is 5.97 Å². The first-order valence-corrected chi connectivity index (χ1v) is 9.11. The minimum absolute atomic E-state index is 0.287. The fraction of sp³-hybridized carbons (Fsp3) is 0.667. The number of nitrogens with two attached hydrogens (primary N) is 1. The van der Waals surface area contributed by atoms with E-state index in [-0.39, 0.29) is 6.42 Å². The summed E-state index contributed by atoms with van der Waals surface area (Å²) in [7, 11) is 2.12. The number of aliphatic carboxylic acids is 1. The molecule has 2 rings (SSSR count). The van der Waals surface area contributed by atoms with Crippen LogP contribution in [0, 0.1) is 0 Å². The van der Waals surface area contributed by atoms with E-state index in [0.29, 0.717) is 0 Å². The highest BCUT2D eigenvalue weighted by atomic mass is 16.4. The molecule has 1 aliphatic heterocycles. The Hall–Kier alpha value is -2.02. The average Bonchev–Trinajstić information content (AvgIpc) is 3.23. The van der Waals surface area contributed by atoms with E-state index in [2.05, 4.69) is 46.1 Å². The summed E-state index contributed by atoms with van der Waals surface area (Å²) in [5.41, 5.74) is 6.00. The molecular weight excluding hydrogens is 318 g/mol. The molecule has 25 heavy (non-hydrogen) atoms. The molecule has 0 amide bonds. The first-order valence-electron chi connectivity index (χ1n) is 9.11. The second-order valence-electron chi connectivity index (χ2n) is 6.50. The van der Waals surface area contributed by atoms with Gasteiger partial charge in [0.05, 0.1) is 13.0 Å². The molecule has 0 bridgehead atoms. The van der Waals surface area contributed by atoms with Crippen molar-refractivity contribution in [3.8, 4) is 0 Å². The Morgan fingerprint density at radius 3 is 2.60 bits per heavy atom. The third-order valence-electron chi connectivity index (χ3n) is 4.05. The van der Waals surface area contributed by atoms with Crippen LogP contribution in [0.3, 0.4) is 0 Å². The zero-order valence-corrected chi connectivity index (χ0v) is 15.5. The second-order valence-corrected chi connectivity index (χ2v) is 6.50. The lowest BCUT2D eigenvalue weighted by Crippen LogP contribution is -2.32. The summed E-state index contributed by atoms with van der Waals surface area (Å²) in [5.74, 6) is -1.00. The quantitative estimate of drug-likeness (QED) is 0.560. The van der Waals surface area contributed by atoms with Crippen LogP contribution in [-0.2, 0) is 11.2 Å². The number of unbranched alkanes of at least 4 members (excludes halogenated alkanes) is 5. The number of aromatic nitrogens is 2. The van der Waals surface area contributed by atoms with E-state index in [4.69, 9.17) is 10.8 Å². The smallest absolute Gasteiger partial charge is 0.320 e. The van der Waals surface area contributed by atoms with Crippen molar-refractivity contribution in [2.75, 3.05) is 20.3 Å². The number of aromatic amines is 1. The van der Waals surface area contributed by atoms with Gasteiger partial charge < -0.3 is 25.6 Å². The summed E-state index contributed by atoms with van der Waals surface area (Å²) in [6.45, 7) is 4.58. The number of hydrogen-bond donors (Lipinski definition) is 3. The molecule has 1 aliphatic rings.